The Morgan fingerprint density at radius 3 is 2.80 bits per heavy atom. The number of aliphatic carboxylic acids is 1. The molecule has 0 saturated heterocycles. The van der Waals surface area contributed by atoms with E-state index in [0.717, 1.165) is 12.8 Å². The molecule has 1 heterocycles. The van der Waals surface area contributed by atoms with Gasteiger partial charge in [0.15, 0.2) is 6.04 Å². The van der Waals surface area contributed by atoms with Crippen LogP contribution in [0.2, 0.25) is 5.02 Å². The topological polar surface area (TPSA) is 76.5 Å². The fourth-order valence-electron chi connectivity index (χ4n) is 1.62. The third kappa shape index (κ3) is 1.87. The summed E-state index contributed by atoms with van der Waals surface area (Å²) in [6.07, 6.45) is 3.27. The number of nitrogens with two attached hydrogens (primary N) is 1. The highest BCUT2D eigenvalue weighted by atomic mass is 35.5. The quantitative estimate of drug-likeness (QED) is 0.834. The van der Waals surface area contributed by atoms with Crippen LogP contribution in [0.3, 0.4) is 0 Å². The zero-order chi connectivity index (χ0) is 11.0. The van der Waals surface area contributed by atoms with Crippen LogP contribution in [0.1, 0.15) is 42.7 Å². The number of carbonyl (C=O) groups is 1. The second-order valence-corrected chi connectivity index (χ2v) is 4.21. The first-order valence-corrected chi connectivity index (χ1v) is 5.25. The van der Waals surface area contributed by atoms with Crippen molar-refractivity contribution < 1.29 is 14.3 Å². The van der Waals surface area contributed by atoms with Crippen LogP contribution < -0.4 is 5.73 Å². The van der Waals surface area contributed by atoms with E-state index in [0.29, 0.717) is 16.7 Å². The first kappa shape index (κ1) is 10.5. The lowest BCUT2D eigenvalue weighted by Crippen LogP contribution is -2.19. The van der Waals surface area contributed by atoms with Crippen molar-refractivity contribution in [3.05, 3.63) is 22.6 Å². The van der Waals surface area contributed by atoms with Crippen molar-refractivity contribution in [3.63, 3.8) is 0 Å². The highest BCUT2D eigenvalue weighted by molar-refractivity contribution is 6.31. The van der Waals surface area contributed by atoms with Crippen molar-refractivity contribution in [2.75, 3.05) is 0 Å². The van der Waals surface area contributed by atoms with E-state index < -0.39 is 12.0 Å². The molecule has 0 spiro atoms. The van der Waals surface area contributed by atoms with E-state index in [2.05, 4.69) is 0 Å². The zero-order valence-corrected chi connectivity index (χ0v) is 8.83. The fourth-order valence-corrected chi connectivity index (χ4v) is 1.93. The van der Waals surface area contributed by atoms with Gasteiger partial charge in [-0.1, -0.05) is 18.0 Å². The van der Waals surface area contributed by atoms with Crippen molar-refractivity contribution in [1.82, 2.24) is 0 Å². The maximum atomic E-state index is 10.6. The van der Waals surface area contributed by atoms with Gasteiger partial charge >= 0.3 is 5.97 Å². The van der Waals surface area contributed by atoms with Crippen LogP contribution in [0, 0.1) is 0 Å². The van der Waals surface area contributed by atoms with Crippen molar-refractivity contribution in [2.45, 2.75) is 31.2 Å². The average molecular weight is 230 g/mol. The number of carboxylic acids is 1. The summed E-state index contributed by atoms with van der Waals surface area (Å²) in [5.41, 5.74) is 5.43. The molecule has 5 heteroatoms. The maximum Gasteiger partial charge on any atom is 0.328 e. The Labute approximate surface area is 92.0 Å². The first-order valence-electron chi connectivity index (χ1n) is 4.87. The zero-order valence-electron chi connectivity index (χ0n) is 8.07. The second-order valence-electron chi connectivity index (χ2n) is 3.80. The molecule has 1 fully saturated rings. The van der Waals surface area contributed by atoms with E-state index in [9.17, 15) is 4.79 Å². The van der Waals surface area contributed by atoms with E-state index in [1.54, 1.807) is 0 Å². The first-order chi connectivity index (χ1) is 7.09. The standard InChI is InChI=1S/C10H12ClNO3/c11-6-4-7(8(12)10(13)14)15-9(6)5-2-1-3-5/h4-5,8H,1-3,12H2,(H,13,14). The van der Waals surface area contributed by atoms with Gasteiger partial charge in [0.05, 0.1) is 5.02 Å². The highest BCUT2D eigenvalue weighted by Crippen LogP contribution is 2.41. The lowest BCUT2D eigenvalue weighted by Gasteiger charge is -2.23. The molecule has 15 heavy (non-hydrogen) atoms. The van der Waals surface area contributed by atoms with E-state index >= 15 is 0 Å². The molecule has 82 valence electrons. The Morgan fingerprint density at radius 2 is 2.33 bits per heavy atom. The van der Waals surface area contributed by atoms with Gasteiger partial charge in [0.2, 0.25) is 0 Å². The van der Waals surface area contributed by atoms with E-state index in [-0.39, 0.29) is 5.76 Å². The Kier molecular flexibility index (Phi) is 2.71. The summed E-state index contributed by atoms with van der Waals surface area (Å²) in [4.78, 5) is 10.6. The van der Waals surface area contributed by atoms with Crippen LogP contribution in [0.5, 0.6) is 0 Å². The monoisotopic (exact) mass is 229 g/mol. The summed E-state index contributed by atoms with van der Waals surface area (Å²) in [6.45, 7) is 0. The molecule has 1 aromatic heterocycles. The van der Waals surface area contributed by atoms with Gasteiger partial charge in [-0.2, -0.15) is 0 Å². The number of hydrogen-bond donors (Lipinski definition) is 2. The molecule has 1 unspecified atom stereocenters. The van der Waals surface area contributed by atoms with Gasteiger partial charge in [0, 0.05) is 12.0 Å². The molecule has 0 bridgehead atoms. The minimum atomic E-state index is -1.13. The smallest absolute Gasteiger partial charge is 0.328 e. The molecule has 1 saturated carbocycles. The van der Waals surface area contributed by atoms with Gasteiger partial charge in [0.1, 0.15) is 11.5 Å². The molecule has 3 N–H and O–H groups in total. The molecular weight excluding hydrogens is 218 g/mol. The van der Waals surface area contributed by atoms with Gasteiger partial charge in [0.25, 0.3) is 0 Å². The van der Waals surface area contributed by atoms with Gasteiger partial charge < -0.3 is 15.3 Å². The molecule has 0 aliphatic heterocycles. The number of furan rings is 1. The van der Waals surface area contributed by atoms with Crippen LogP contribution in [0.15, 0.2) is 10.5 Å². The number of halogens is 1. The normalized spacial score (nSPS) is 18.5. The Balaban J connectivity index is 2.23. The lowest BCUT2D eigenvalue weighted by atomic mass is 9.84. The van der Waals surface area contributed by atoms with Gasteiger partial charge in [-0.15, -0.1) is 0 Å². The average Bonchev–Trinajstić information content (AvgIpc) is 2.44. The molecule has 2 rings (SSSR count). The van der Waals surface area contributed by atoms with Gasteiger partial charge in [-0.05, 0) is 12.8 Å². The molecule has 4 nitrogen and oxygen atoms in total. The molecule has 1 aliphatic rings. The molecule has 1 atom stereocenters. The van der Waals surface area contributed by atoms with E-state index in [4.69, 9.17) is 26.9 Å². The van der Waals surface area contributed by atoms with E-state index in [1.807, 2.05) is 0 Å². The number of rotatable bonds is 3. The van der Waals surface area contributed by atoms with Crippen LogP contribution in [-0.4, -0.2) is 11.1 Å². The van der Waals surface area contributed by atoms with Crippen molar-refractivity contribution in [1.29, 1.82) is 0 Å². The highest BCUT2D eigenvalue weighted by Gasteiger charge is 2.28. The molecule has 0 amide bonds. The van der Waals surface area contributed by atoms with Gasteiger partial charge in [-0.25, -0.2) is 0 Å². The number of carboxylic acid groups (broad SMARTS) is 1. The summed E-state index contributed by atoms with van der Waals surface area (Å²) in [6, 6.07) is 0.380. The maximum absolute atomic E-state index is 10.6. The minimum absolute atomic E-state index is 0.231. The van der Waals surface area contributed by atoms with Crippen LogP contribution in [0.25, 0.3) is 0 Å². The summed E-state index contributed by atoms with van der Waals surface area (Å²) in [5, 5.41) is 9.21. The molecule has 0 aromatic carbocycles. The number of hydrogen-bond acceptors (Lipinski definition) is 3. The largest absolute Gasteiger partial charge is 0.480 e. The molecule has 0 radical (unpaired) electrons. The van der Waals surface area contributed by atoms with Crippen LogP contribution in [0.4, 0.5) is 0 Å². The third-order valence-corrected chi connectivity index (χ3v) is 3.08. The minimum Gasteiger partial charge on any atom is -0.480 e. The SMILES string of the molecule is NC(C(=O)O)c1cc(Cl)c(C2CCC2)o1. The third-order valence-electron chi connectivity index (χ3n) is 2.78. The predicted octanol–water partition coefficient (Wildman–Crippen LogP) is 2.28. The van der Waals surface area contributed by atoms with Crippen molar-refractivity contribution in [2.24, 2.45) is 5.73 Å². The summed E-state index contributed by atoms with van der Waals surface area (Å²) in [5.74, 6) is 0.150. The van der Waals surface area contributed by atoms with Crippen molar-refractivity contribution >= 4 is 17.6 Å². The van der Waals surface area contributed by atoms with E-state index in [1.165, 1.54) is 12.5 Å². The predicted molar refractivity (Wildman–Crippen MR) is 54.9 cm³/mol. The second kappa shape index (κ2) is 3.87. The Hall–Kier alpha value is -1.00. The summed E-state index contributed by atoms with van der Waals surface area (Å²) in [7, 11) is 0. The summed E-state index contributed by atoms with van der Waals surface area (Å²) >= 11 is 5.96. The molecule has 1 aromatic rings. The Morgan fingerprint density at radius 1 is 1.67 bits per heavy atom. The fraction of sp³-hybridized carbons (Fsp3) is 0.500. The molecule has 1 aliphatic carbocycles. The van der Waals surface area contributed by atoms with Gasteiger partial charge in [-0.3, -0.25) is 4.79 Å². The van der Waals surface area contributed by atoms with Crippen LogP contribution >= 0.6 is 11.6 Å². The molecular formula is C10H12ClNO3. The summed E-state index contributed by atoms with van der Waals surface area (Å²) < 4.78 is 5.40. The van der Waals surface area contributed by atoms with Crippen molar-refractivity contribution in [3.8, 4) is 0 Å². The lowest BCUT2D eigenvalue weighted by molar-refractivity contribution is -0.139. The Bertz CT molecular complexity index is 384. The van der Waals surface area contributed by atoms with Crippen LogP contribution in [-0.2, 0) is 4.79 Å².